The van der Waals surface area contributed by atoms with Gasteiger partial charge in [-0.2, -0.15) is 0 Å². The minimum atomic E-state index is -0.217. The molecule has 0 amide bonds. The monoisotopic (exact) mass is 267 g/mol. The summed E-state index contributed by atoms with van der Waals surface area (Å²) in [4.78, 5) is 0. The van der Waals surface area contributed by atoms with Crippen LogP contribution in [0.4, 0.5) is 4.39 Å². The van der Waals surface area contributed by atoms with Gasteiger partial charge in [0.25, 0.3) is 0 Å². The van der Waals surface area contributed by atoms with Crippen LogP contribution < -0.4 is 0 Å². The summed E-state index contributed by atoms with van der Waals surface area (Å²) in [6, 6.07) is 14.8. The molecule has 0 aliphatic carbocycles. The smallest absolute Gasteiger partial charge is 0.123 e. The van der Waals surface area contributed by atoms with Gasteiger partial charge in [-0.25, -0.2) is 4.39 Å². The molecule has 1 N–H and O–H groups in total. The molecule has 0 radical (unpaired) electrons. The first-order chi connectivity index (χ1) is 9.60. The molecule has 0 spiro atoms. The fourth-order valence-corrected chi connectivity index (χ4v) is 2.07. The van der Waals surface area contributed by atoms with Gasteiger partial charge >= 0.3 is 0 Å². The highest BCUT2D eigenvalue weighted by Crippen LogP contribution is 2.22. The van der Waals surface area contributed by atoms with Crippen molar-refractivity contribution in [2.45, 2.75) is 20.3 Å². The number of hydrogen-bond acceptors (Lipinski definition) is 1. The standard InChI is InChI=1S/C18H18FN/c1-13(14(2)12-20)10-15-4-3-5-17(11-15)16-6-8-18(19)9-7-16/h3-9,11-12,20H,10H2,1-2H3/b14-13-,20-12?. The molecule has 2 aromatic rings. The lowest BCUT2D eigenvalue weighted by Gasteiger charge is -2.07. The largest absolute Gasteiger partial charge is 0.308 e. The zero-order valence-electron chi connectivity index (χ0n) is 11.8. The number of rotatable bonds is 4. The summed E-state index contributed by atoms with van der Waals surface area (Å²) >= 11 is 0. The van der Waals surface area contributed by atoms with Gasteiger partial charge in [0.1, 0.15) is 5.82 Å². The second-order valence-electron chi connectivity index (χ2n) is 4.99. The van der Waals surface area contributed by atoms with E-state index in [-0.39, 0.29) is 5.82 Å². The summed E-state index contributed by atoms with van der Waals surface area (Å²) < 4.78 is 13.0. The average Bonchev–Trinajstić information content (AvgIpc) is 2.47. The fraction of sp³-hybridized carbons (Fsp3) is 0.167. The van der Waals surface area contributed by atoms with E-state index in [0.29, 0.717) is 0 Å². The number of hydrogen-bond donors (Lipinski definition) is 1. The van der Waals surface area contributed by atoms with Crippen molar-refractivity contribution >= 4 is 6.21 Å². The molecule has 0 saturated heterocycles. The van der Waals surface area contributed by atoms with E-state index in [1.807, 2.05) is 26.0 Å². The Hall–Kier alpha value is -2.22. The molecule has 2 heteroatoms. The van der Waals surface area contributed by atoms with E-state index in [4.69, 9.17) is 5.41 Å². The van der Waals surface area contributed by atoms with E-state index >= 15 is 0 Å². The van der Waals surface area contributed by atoms with Crippen LogP contribution in [0.2, 0.25) is 0 Å². The molecular weight excluding hydrogens is 249 g/mol. The molecule has 0 fully saturated rings. The Bertz CT molecular complexity index is 639. The van der Waals surface area contributed by atoms with Crippen LogP contribution in [0.25, 0.3) is 11.1 Å². The molecule has 2 rings (SSSR count). The number of halogens is 1. The van der Waals surface area contributed by atoms with Crippen LogP contribution in [-0.4, -0.2) is 6.21 Å². The van der Waals surface area contributed by atoms with Gasteiger partial charge in [-0.3, -0.25) is 0 Å². The molecule has 2 aromatic carbocycles. The van der Waals surface area contributed by atoms with E-state index in [9.17, 15) is 4.39 Å². The molecule has 0 bridgehead atoms. The molecule has 0 aliphatic heterocycles. The van der Waals surface area contributed by atoms with Crippen molar-refractivity contribution in [2.24, 2.45) is 0 Å². The maximum Gasteiger partial charge on any atom is 0.123 e. The number of benzene rings is 2. The van der Waals surface area contributed by atoms with Gasteiger partial charge in [0.2, 0.25) is 0 Å². The van der Waals surface area contributed by atoms with Crippen LogP contribution in [0.15, 0.2) is 59.7 Å². The highest BCUT2D eigenvalue weighted by molar-refractivity contribution is 5.76. The predicted octanol–water partition coefficient (Wildman–Crippen LogP) is 5.02. The second kappa shape index (κ2) is 6.29. The molecule has 0 aromatic heterocycles. The zero-order valence-corrected chi connectivity index (χ0v) is 11.8. The average molecular weight is 267 g/mol. The van der Waals surface area contributed by atoms with Gasteiger partial charge in [0.15, 0.2) is 0 Å². The van der Waals surface area contributed by atoms with E-state index in [1.54, 1.807) is 12.1 Å². The summed E-state index contributed by atoms with van der Waals surface area (Å²) in [7, 11) is 0. The maximum absolute atomic E-state index is 13.0. The third-order valence-corrected chi connectivity index (χ3v) is 3.46. The van der Waals surface area contributed by atoms with E-state index in [0.717, 1.165) is 23.1 Å². The van der Waals surface area contributed by atoms with E-state index in [1.165, 1.54) is 29.5 Å². The fourth-order valence-electron chi connectivity index (χ4n) is 2.07. The second-order valence-corrected chi connectivity index (χ2v) is 4.99. The van der Waals surface area contributed by atoms with Crippen molar-refractivity contribution in [3.05, 3.63) is 71.1 Å². The Morgan fingerprint density at radius 3 is 2.40 bits per heavy atom. The van der Waals surface area contributed by atoms with Crippen LogP contribution in [0.5, 0.6) is 0 Å². The molecule has 20 heavy (non-hydrogen) atoms. The van der Waals surface area contributed by atoms with Crippen LogP contribution in [0.1, 0.15) is 19.4 Å². The molecule has 0 aliphatic rings. The highest BCUT2D eigenvalue weighted by Gasteiger charge is 2.02. The number of allylic oxidation sites excluding steroid dienone is 2. The Balaban J connectivity index is 2.29. The lowest BCUT2D eigenvalue weighted by Crippen LogP contribution is -1.92. The van der Waals surface area contributed by atoms with Gasteiger partial charge in [-0.1, -0.05) is 42.0 Å². The zero-order chi connectivity index (χ0) is 14.5. The SMILES string of the molecule is C/C(C=N)=C(\C)Cc1cccc(-c2ccc(F)cc2)c1. The van der Waals surface area contributed by atoms with Crippen LogP contribution in [0.3, 0.4) is 0 Å². The van der Waals surface area contributed by atoms with Crippen molar-refractivity contribution in [3.8, 4) is 11.1 Å². The van der Waals surface area contributed by atoms with E-state index < -0.39 is 0 Å². The summed E-state index contributed by atoms with van der Waals surface area (Å²) in [5, 5.41) is 7.28. The minimum Gasteiger partial charge on any atom is -0.308 e. The van der Waals surface area contributed by atoms with Gasteiger partial charge in [0, 0.05) is 6.21 Å². The van der Waals surface area contributed by atoms with Gasteiger partial charge in [0.05, 0.1) is 0 Å². The van der Waals surface area contributed by atoms with Crippen molar-refractivity contribution < 1.29 is 4.39 Å². The Labute approximate surface area is 119 Å². The highest BCUT2D eigenvalue weighted by atomic mass is 19.1. The van der Waals surface area contributed by atoms with Gasteiger partial charge < -0.3 is 5.41 Å². The molecule has 102 valence electrons. The first kappa shape index (κ1) is 14.2. The normalized spacial score (nSPS) is 11.9. The first-order valence-electron chi connectivity index (χ1n) is 6.62. The van der Waals surface area contributed by atoms with Gasteiger partial charge in [-0.15, -0.1) is 0 Å². The first-order valence-corrected chi connectivity index (χ1v) is 6.62. The Morgan fingerprint density at radius 2 is 1.75 bits per heavy atom. The van der Waals surface area contributed by atoms with Crippen LogP contribution in [0, 0.1) is 11.2 Å². The van der Waals surface area contributed by atoms with Crippen molar-refractivity contribution in [1.82, 2.24) is 0 Å². The molecule has 1 nitrogen and oxygen atoms in total. The molecule has 0 unspecified atom stereocenters. The van der Waals surface area contributed by atoms with Crippen molar-refractivity contribution in [1.29, 1.82) is 5.41 Å². The lowest BCUT2D eigenvalue weighted by molar-refractivity contribution is 0.628. The van der Waals surface area contributed by atoms with Crippen molar-refractivity contribution in [2.75, 3.05) is 0 Å². The number of nitrogens with one attached hydrogen (secondary N) is 1. The topological polar surface area (TPSA) is 23.9 Å². The summed E-state index contributed by atoms with van der Waals surface area (Å²) in [5.41, 5.74) is 5.49. The third-order valence-electron chi connectivity index (χ3n) is 3.46. The quantitative estimate of drug-likeness (QED) is 0.752. The summed E-state index contributed by atoms with van der Waals surface area (Å²) in [6.45, 7) is 4.00. The lowest BCUT2D eigenvalue weighted by atomic mass is 9.98. The Morgan fingerprint density at radius 1 is 1.05 bits per heavy atom. The third kappa shape index (κ3) is 3.41. The molecule has 0 heterocycles. The van der Waals surface area contributed by atoms with E-state index in [2.05, 4.69) is 12.1 Å². The minimum absolute atomic E-state index is 0.217. The molecular formula is C18H18FN. The summed E-state index contributed by atoms with van der Waals surface area (Å²) in [6.07, 6.45) is 2.22. The van der Waals surface area contributed by atoms with Gasteiger partial charge in [-0.05, 0) is 54.7 Å². The Kier molecular flexibility index (Phi) is 4.46. The van der Waals surface area contributed by atoms with Crippen molar-refractivity contribution in [3.63, 3.8) is 0 Å². The molecule has 0 atom stereocenters. The van der Waals surface area contributed by atoms with Crippen LogP contribution >= 0.6 is 0 Å². The maximum atomic E-state index is 13.0. The predicted molar refractivity (Wildman–Crippen MR) is 82.7 cm³/mol. The van der Waals surface area contributed by atoms with Crippen LogP contribution in [-0.2, 0) is 6.42 Å². The molecule has 0 saturated carbocycles. The summed E-state index contributed by atoms with van der Waals surface area (Å²) in [5.74, 6) is -0.217.